The summed E-state index contributed by atoms with van der Waals surface area (Å²) in [4.78, 5) is 0. The topological polar surface area (TPSA) is 30.5 Å². The van der Waals surface area contributed by atoms with Gasteiger partial charge in [0.05, 0.1) is 12.7 Å². The minimum Gasteiger partial charge on any atom is -0.348 e. The molecule has 0 radical (unpaired) electrons. The van der Waals surface area contributed by atoms with Gasteiger partial charge in [-0.1, -0.05) is 43.2 Å². The van der Waals surface area contributed by atoms with Crippen LogP contribution in [-0.2, 0) is 9.47 Å². The number of benzene rings is 1. The third-order valence-electron chi connectivity index (χ3n) is 4.67. The van der Waals surface area contributed by atoms with E-state index < -0.39 is 5.79 Å². The van der Waals surface area contributed by atoms with Crippen LogP contribution in [0.4, 0.5) is 0 Å². The Morgan fingerprint density at radius 3 is 2.62 bits per heavy atom. The third-order valence-corrected chi connectivity index (χ3v) is 4.67. The fraction of sp³-hybridized carbons (Fsp3) is 0.667. The molecule has 0 bridgehead atoms. The van der Waals surface area contributed by atoms with Crippen molar-refractivity contribution in [3.8, 4) is 0 Å². The highest BCUT2D eigenvalue weighted by molar-refractivity contribution is 5.22. The van der Waals surface area contributed by atoms with Crippen molar-refractivity contribution in [2.24, 2.45) is 0 Å². The monoisotopic (exact) mass is 289 g/mol. The molecule has 2 fully saturated rings. The number of hydrogen-bond acceptors (Lipinski definition) is 3. The van der Waals surface area contributed by atoms with Crippen LogP contribution in [0.5, 0.6) is 0 Å². The predicted molar refractivity (Wildman–Crippen MR) is 84.3 cm³/mol. The third kappa shape index (κ3) is 3.85. The first-order chi connectivity index (χ1) is 10.1. The largest absolute Gasteiger partial charge is 0.348 e. The zero-order valence-corrected chi connectivity index (χ0v) is 13.2. The average molecular weight is 289 g/mol. The molecular formula is C18H27NO2. The van der Waals surface area contributed by atoms with Crippen molar-refractivity contribution in [3.63, 3.8) is 0 Å². The normalized spacial score (nSPS) is 32.2. The van der Waals surface area contributed by atoms with Crippen LogP contribution in [0.1, 0.15) is 51.0 Å². The van der Waals surface area contributed by atoms with E-state index in [0.29, 0.717) is 18.6 Å². The van der Waals surface area contributed by atoms with Gasteiger partial charge in [0.2, 0.25) is 0 Å². The molecule has 1 aliphatic carbocycles. The van der Waals surface area contributed by atoms with E-state index >= 15 is 0 Å². The molecule has 3 heteroatoms. The highest BCUT2D eigenvalue weighted by Crippen LogP contribution is 2.33. The zero-order valence-electron chi connectivity index (χ0n) is 13.2. The first-order valence-electron chi connectivity index (χ1n) is 8.24. The quantitative estimate of drug-likeness (QED) is 0.921. The first kappa shape index (κ1) is 15.0. The van der Waals surface area contributed by atoms with Crippen molar-refractivity contribution < 1.29 is 9.47 Å². The van der Waals surface area contributed by atoms with Crippen LogP contribution in [0, 0.1) is 0 Å². The molecule has 1 aliphatic heterocycles. The lowest BCUT2D eigenvalue weighted by molar-refractivity contribution is -0.138. The molecule has 3 rings (SSSR count). The second-order valence-corrected chi connectivity index (χ2v) is 6.77. The van der Waals surface area contributed by atoms with E-state index in [1.807, 2.05) is 13.8 Å². The van der Waals surface area contributed by atoms with Gasteiger partial charge in [0.15, 0.2) is 5.79 Å². The van der Waals surface area contributed by atoms with Gasteiger partial charge >= 0.3 is 0 Å². The van der Waals surface area contributed by atoms with Gasteiger partial charge in [0, 0.05) is 12.6 Å². The maximum Gasteiger partial charge on any atom is 0.163 e. The Bertz CT molecular complexity index is 446. The minimum atomic E-state index is -0.419. The maximum absolute atomic E-state index is 5.90. The smallest absolute Gasteiger partial charge is 0.163 e. The van der Waals surface area contributed by atoms with E-state index in [1.165, 1.54) is 31.2 Å². The summed E-state index contributed by atoms with van der Waals surface area (Å²) in [6.07, 6.45) is 5.40. The Morgan fingerprint density at radius 1 is 1.14 bits per heavy atom. The number of rotatable bonds is 4. The van der Waals surface area contributed by atoms with Gasteiger partial charge in [0.1, 0.15) is 0 Å². The molecular weight excluding hydrogens is 262 g/mol. The minimum absolute atomic E-state index is 0.179. The summed E-state index contributed by atoms with van der Waals surface area (Å²) in [7, 11) is 0. The van der Waals surface area contributed by atoms with Gasteiger partial charge in [-0.05, 0) is 38.2 Å². The second kappa shape index (κ2) is 6.47. The molecule has 1 heterocycles. The summed E-state index contributed by atoms with van der Waals surface area (Å²) in [6.45, 7) is 5.56. The van der Waals surface area contributed by atoms with Crippen LogP contribution in [0.2, 0.25) is 0 Å². The van der Waals surface area contributed by atoms with Gasteiger partial charge in [-0.2, -0.15) is 0 Å². The standard InChI is InChI=1S/C18H27NO2/c1-18(2)20-13-15(21-18)12-19-17-11-7-6-10-16(17)14-8-4-3-5-9-14/h3-5,8-9,15-17,19H,6-7,10-13H2,1-2H3. The molecule has 3 nitrogen and oxygen atoms in total. The van der Waals surface area contributed by atoms with Crippen molar-refractivity contribution in [2.45, 2.75) is 63.4 Å². The lowest BCUT2D eigenvalue weighted by Gasteiger charge is -2.33. The van der Waals surface area contributed by atoms with Gasteiger partial charge in [-0.15, -0.1) is 0 Å². The van der Waals surface area contributed by atoms with E-state index in [1.54, 1.807) is 0 Å². The molecule has 1 saturated carbocycles. The van der Waals surface area contributed by atoms with Crippen LogP contribution in [-0.4, -0.2) is 31.1 Å². The number of nitrogens with one attached hydrogen (secondary N) is 1. The predicted octanol–water partition coefficient (Wildman–Crippen LogP) is 3.45. The fourth-order valence-electron chi connectivity index (χ4n) is 3.62. The molecule has 116 valence electrons. The van der Waals surface area contributed by atoms with Crippen LogP contribution >= 0.6 is 0 Å². The Morgan fingerprint density at radius 2 is 1.90 bits per heavy atom. The van der Waals surface area contributed by atoms with Crippen molar-refractivity contribution in [1.29, 1.82) is 0 Å². The zero-order chi connectivity index (χ0) is 14.7. The van der Waals surface area contributed by atoms with Gasteiger partial charge in [0.25, 0.3) is 0 Å². The fourth-order valence-corrected chi connectivity index (χ4v) is 3.62. The van der Waals surface area contributed by atoms with E-state index in [-0.39, 0.29) is 6.10 Å². The van der Waals surface area contributed by atoms with Crippen molar-refractivity contribution >= 4 is 0 Å². The molecule has 1 saturated heterocycles. The van der Waals surface area contributed by atoms with Gasteiger partial charge < -0.3 is 14.8 Å². The molecule has 1 aromatic rings. The summed E-state index contributed by atoms with van der Waals surface area (Å²) in [5, 5.41) is 3.74. The van der Waals surface area contributed by atoms with Crippen molar-refractivity contribution in [3.05, 3.63) is 35.9 Å². The van der Waals surface area contributed by atoms with E-state index in [4.69, 9.17) is 9.47 Å². The summed E-state index contributed by atoms with van der Waals surface area (Å²) < 4.78 is 11.5. The molecule has 1 N–H and O–H groups in total. The molecule has 0 amide bonds. The van der Waals surface area contributed by atoms with Crippen LogP contribution < -0.4 is 5.32 Å². The van der Waals surface area contributed by atoms with Crippen molar-refractivity contribution in [1.82, 2.24) is 5.32 Å². The average Bonchev–Trinajstić information content (AvgIpc) is 2.86. The molecule has 0 aromatic heterocycles. The highest BCUT2D eigenvalue weighted by Gasteiger charge is 2.33. The molecule has 2 aliphatic rings. The van der Waals surface area contributed by atoms with Crippen LogP contribution in [0.25, 0.3) is 0 Å². The van der Waals surface area contributed by atoms with E-state index in [2.05, 4.69) is 35.6 Å². The molecule has 1 aromatic carbocycles. The summed E-state index contributed by atoms with van der Waals surface area (Å²) >= 11 is 0. The van der Waals surface area contributed by atoms with Crippen molar-refractivity contribution in [2.75, 3.05) is 13.2 Å². The van der Waals surface area contributed by atoms with Gasteiger partial charge in [-0.25, -0.2) is 0 Å². The lowest BCUT2D eigenvalue weighted by Crippen LogP contribution is -2.42. The Hall–Kier alpha value is -0.900. The number of hydrogen-bond donors (Lipinski definition) is 1. The highest BCUT2D eigenvalue weighted by atomic mass is 16.7. The Labute approximate surface area is 128 Å². The summed E-state index contributed by atoms with van der Waals surface area (Å²) in [5.41, 5.74) is 1.47. The lowest BCUT2D eigenvalue weighted by atomic mass is 9.80. The van der Waals surface area contributed by atoms with Gasteiger partial charge in [-0.3, -0.25) is 0 Å². The maximum atomic E-state index is 5.90. The Kier molecular flexibility index (Phi) is 4.63. The van der Waals surface area contributed by atoms with E-state index in [0.717, 1.165) is 6.54 Å². The first-order valence-corrected chi connectivity index (χ1v) is 8.24. The van der Waals surface area contributed by atoms with E-state index in [9.17, 15) is 0 Å². The van der Waals surface area contributed by atoms with Crippen LogP contribution in [0.3, 0.4) is 0 Å². The summed E-state index contributed by atoms with van der Waals surface area (Å²) in [5.74, 6) is 0.216. The second-order valence-electron chi connectivity index (χ2n) is 6.77. The summed E-state index contributed by atoms with van der Waals surface area (Å²) in [6, 6.07) is 11.5. The Balaban J connectivity index is 1.58. The molecule has 0 spiro atoms. The molecule has 3 unspecified atom stereocenters. The number of ether oxygens (including phenoxy) is 2. The molecule has 21 heavy (non-hydrogen) atoms. The van der Waals surface area contributed by atoms with Crippen LogP contribution in [0.15, 0.2) is 30.3 Å². The molecule has 3 atom stereocenters. The SMILES string of the molecule is CC1(C)OCC(CNC2CCCCC2c2ccccc2)O1.